The first kappa shape index (κ1) is 25.2. The topological polar surface area (TPSA) is 96.0 Å². The van der Waals surface area contributed by atoms with Gasteiger partial charge in [-0.2, -0.15) is 0 Å². The van der Waals surface area contributed by atoms with Gasteiger partial charge in [0.05, 0.1) is 19.1 Å². The Balaban J connectivity index is 2.44. The van der Waals surface area contributed by atoms with Gasteiger partial charge in [0.1, 0.15) is 18.3 Å². The van der Waals surface area contributed by atoms with Crippen LogP contribution in [-0.4, -0.2) is 58.1 Å². The fourth-order valence-corrected chi connectivity index (χ4v) is 4.12. The first-order chi connectivity index (χ1) is 15.0. The third-order valence-electron chi connectivity index (χ3n) is 5.17. The van der Waals surface area contributed by atoms with Crippen molar-refractivity contribution in [2.24, 2.45) is 0 Å². The predicted octanol–water partition coefficient (Wildman–Crippen LogP) is 2.24. The number of methoxy groups -OCH3 is 1. The van der Waals surface area contributed by atoms with Gasteiger partial charge >= 0.3 is 0 Å². The van der Waals surface area contributed by atoms with Crippen LogP contribution in [0, 0.1) is 13.8 Å². The van der Waals surface area contributed by atoms with Crippen LogP contribution in [0.25, 0.3) is 0 Å². The van der Waals surface area contributed by atoms with Gasteiger partial charge in [0.2, 0.25) is 21.8 Å². The van der Waals surface area contributed by atoms with Crippen molar-refractivity contribution in [2.75, 3.05) is 31.3 Å². The molecule has 0 saturated heterocycles. The van der Waals surface area contributed by atoms with E-state index in [0.717, 1.165) is 27.3 Å². The number of sulfonamides is 1. The zero-order valence-corrected chi connectivity index (χ0v) is 20.2. The molecular formula is C23H31N3O5S. The molecule has 2 amide bonds. The van der Waals surface area contributed by atoms with E-state index in [-0.39, 0.29) is 18.1 Å². The molecule has 8 nitrogen and oxygen atoms in total. The Labute approximate surface area is 190 Å². The smallest absolute Gasteiger partial charge is 0.244 e. The van der Waals surface area contributed by atoms with Crippen molar-refractivity contribution in [3.8, 4) is 5.75 Å². The van der Waals surface area contributed by atoms with Crippen molar-refractivity contribution in [2.45, 2.75) is 33.4 Å². The van der Waals surface area contributed by atoms with Gasteiger partial charge in [0.15, 0.2) is 0 Å². The minimum atomic E-state index is -3.82. The molecule has 0 aliphatic rings. The van der Waals surface area contributed by atoms with Crippen LogP contribution in [0.15, 0.2) is 42.5 Å². The lowest BCUT2D eigenvalue weighted by molar-refractivity contribution is -0.139. The molecule has 0 bridgehead atoms. The van der Waals surface area contributed by atoms with E-state index in [1.807, 2.05) is 38.1 Å². The van der Waals surface area contributed by atoms with E-state index in [4.69, 9.17) is 4.74 Å². The highest BCUT2D eigenvalue weighted by Crippen LogP contribution is 2.31. The van der Waals surface area contributed by atoms with Crippen molar-refractivity contribution >= 4 is 27.5 Å². The lowest BCUT2D eigenvalue weighted by Crippen LogP contribution is -2.50. The van der Waals surface area contributed by atoms with Gasteiger partial charge in [-0.05, 0) is 44.0 Å². The molecular weight excluding hydrogens is 430 g/mol. The van der Waals surface area contributed by atoms with E-state index in [9.17, 15) is 18.0 Å². The Morgan fingerprint density at radius 2 is 1.66 bits per heavy atom. The fraction of sp³-hybridized carbons (Fsp3) is 0.391. The molecule has 32 heavy (non-hydrogen) atoms. The van der Waals surface area contributed by atoms with Crippen molar-refractivity contribution < 1.29 is 22.7 Å². The number of benzene rings is 2. The molecule has 0 aromatic heterocycles. The highest BCUT2D eigenvalue weighted by Gasteiger charge is 2.30. The number of nitrogens with zero attached hydrogens (tertiary/aromatic N) is 2. The summed E-state index contributed by atoms with van der Waals surface area (Å²) in [6, 6.07) is 11.9. The largest absolute Gasteiger partial charge is 0.495 e. The number of rotatable bonds is 9. The molecule has 0 saturated carbocycles. The standard InChI is InChI=1S/C23H31N3O5S/c1-16-7-10-19(11-8-16)14-25(18(3)23(28)24-4)22(27)15-26(32(6,29)30)20-13-17(2)9-12-21(20)31-5/h7-13,18H,14-15H2,1-6H3,(H,24,28). The van der Waals surface area contributed by atoms with Crippen molar-refractivity contribution in [1.82, 2.24) is 10.2 Å². The molecule has 0 radical (unpaired) electrons. The zero-order chi connectivity index (χ0) is 24.1. The van der Waals surface area contributed by atoms with Gasteiger partial charge in [-0.25, -0.2) is 8.42 Å². The normalized spacial score (nSPS) is 12.1. The molecule has 2 rings (SSSR count). The number of carbonyl (C=O) groups excluding carboxylic acids is 2. The Morgan fingerprint density at radius 1 is 1.06 bits per heavy atom. The number of amides is 2. The maximum absolute atomic E-state index is 13.4. The minimum Gasteiger partial charge on any atom is -0.495 e. The lowest BCUT2D eigenvalue weighted by atomic mass is 10.1. The fourth-order valence-electron chi connectivity index (χ4n) is 3.27. The quantitative estimate of drug-likeness (QED) is 0.618. The summed E-state index contributed by atoms with van der Waals surface area (Å²) >= 11 is 0. The number of hydrogen-bond acceptors (Lipinski definition) is 5. The van der Waals surface area contributed by atoms with Gasteiger partial charge < -0.3 is 15.0 Å². The molecule has 1 unspecified atom stereocenters. The Morgan fingerprint density at radius 3 is 2.19 bits per heavy atom. The number of anilines is 1. The van der Waals surface area contributed by atoms with E-state index in [1.165, 1.54) is 19.1 Å². The Hall–Kier alpha value is -3.07. The summed E-state index contributed by atoms with van der Waals surface area (Å²) in [5.41, 5.74) is 2.99. The van der Waals surface area contributed by atoms with Gasteiger partial charge in [0.25, 0.3) is 0 Å². The predicted molar refractivity (Wildman–Crippen MR) is 125 cm³/mol. The number of likely N-dealkylation sites (N-methyl/N-ethyl adjacent to an activating group) is 1. The minimum absolute atomic E-state index is 0.163. The molecule has 0 aliphatic carbocycles. The van der Waals surface area contributed by atoms with Crippen LogP contribution in [0.1, 0.15) is 23.6 Å². The number of nitrogens with one attached hydrogen (secondary N) is 1. The number of hydrogen-bond donors (Lipinski definition) is 1. The molecule has 1 N–H and O–H groups in total. The zero-order valence-electron chi connectivity index (χ0n) is 19.4. The average Bonchev–Trinajstić information content (AvgIpc) is 2.75. The molecule has 9 heteroatoms. The first-order valence-electron chi connectivity index (χ1n) is 10.2. The molecule has 0 aliphatic heterocycles. The second kappa shape index (κ2) is 10.5. The van der Waals surface area contributed by atoms with Crippen LogP contribution in [-0.2, 0) is 26.2 Å². The molecule has 2 aromatic rings. The van der Waals surface area contributed by atoms with E-state index in [1.54, 1.807) is 25.1 Å². The van der Waals surface area contributed by atoms with Crippen molar-refractivity contribution in [1.29, 1.82) is 0 Å². The monoisotopic (exact) mass is 461 g/mol. The molecule has 0 spiro atoms. The number of carbonyl (C=O) groups is 2. The highest BCUT2D eigenvalue weighted by atomic mass is 32.2. The number of aryl methyl sites for hydroxylation is 2. The summed E-state index contributed by atoms with van der Waals surface area (Å²) < 4.78 is 31.6. The van der Waals surface area contributed by atoms with E-state index >= 15 is 0 Å². The summed E-state index contributed by atoms with van der Waals surface area (Å²) in [5, 5.41) is 2.55. The van der Waals surface area contributed by atoms with Gasteiger partial charge in [0, 0.05) is 13.6 Å². The maximum atomic E-state index is 13.4. The summed E-state index contributed by atoms with van der Waals surface area (Å²) in [4.78, 5) is 27.1. The van der Waals surface area contributed by atoms with Crippen LogP contribution < -0.4 is 14.4 Å². The summed E-state index contributed by atoms with van der Waals surface area (Å²) in [6.07, 6.45) is 1.04. The van der Waals surface area contributed by atoms with E-state index in [0.29, 0.717) is 5.75 Å². The van der Waals surface area contributed by atoms with Crippen molar-refractivity contribution in [3.05, 3.63) is 59.2 Å². The summed E-state index contributed by atoms with van der Waals surface area (Å²) in [7, 11) is -0.888. The average molecular weight is 462 g/mol. The van der Waals surface area contributed by atoms with Crippen LogP contribution in [0.2, 0.25) is 0 Å². The van der Waals surface area contributed by atoms with Crippen molar-refractivity contribution in [3.63, 3.8) is 0 Å². The van der Waals surface area contributed by atoms with E-state index in [2.05, 4.69) is 5.32 Å². The van der Waals surface area contributed by atoms with Crippen LogP contribution in [0.3, 0.4) is 0 Å². The SMILES string of the molecule is CNC(=O)C(C)N(Cc1ccc(C)cc1)C(=O)CN(c1cc(C)ccc1OC)S(C)(=O)=O. The molecule has 2 aromatic carbocycles. The lowest BCUT2D eigenvalue weighted by Gasteiger charge is -2.31. The first-order valence-corrected chi connectivity index (χ1v) is 12.0. The molecule has 0 fully saturated rings. The number of ether oxygens (including phenoxy) is 1. The molecule has 0 heterocycles. The molecule has 174 valence electrons. The van der Waals surface area contributed by atoms with Crippen LogP contribution in [0.5, 0.6) is 5.75 Å². The third-order valence-corrected chi connectivity index (χ3v) is 6.30. The Bertz CT molecular complexity index is 1070. The van der Waals surface area contributed by atoms with Gasteiger partial charge in [-0.15, -0.1) is 0 Å². The second-order valence-corrected chi connectivity index (χ2v) is 9.65. The summed E-state index contributed by atoms with van der Waals surface area (Å²) in [5.74, 6) is -0.515. The van der Waals surface area contributed by atoms with Crippen LogP contribution >= 0.6 is 0 Å². The summed E-state index contributed by atoms with van der Waals surface area (Å²) in [6.45, 7) is 5.09. The maximum Gasteiger partial charge on any atom is 0.244 e. The highest BCUT2D eigenvalue weighted by molar-refractivity contribution is 7.92. The van der Waals surface area contributed by atoms with Gasteiger partial charge in [-0.3, -0.25) is 13.9 Å². The Kier molecular flexibility index (Phi) is 8.26. The molecule has 1 atom stereocenters. The second-order valence-electron chi connectivity index (χ2n) is 7.74. The van der Waals surface area contributed by atoms with E-state index < -0.39 is 28.5 Å². The third kappa shape index (κ3) is 6.23. The van der Waals surface area contributed by atoms with Gasteiger partial charge in [-0.1, -0.05) is 35.9 Å². The van der Waals surface area contributed by atoms with Crippen LogP contribution in [0.4, 0.5) is 5.69 Å².